The fourth-order valence-electron chi connectivity index (χ4n) is 5.24. The van der Waals surface area contributed by atoms with Gasteiger partial charge in [-0.25, -0.2) is 9.97 Å². The third-order valence-corrected chi connectivity index (χ3v) is 7.41. The number of pyridine rings is 3. The number of aliphatic hydroxyl groups is 1. The van der Waals surface area contributed by atoms with Crippen LogP contribution >= 0.6 is 0 Å². The van der Waals surface area contributed by atoms with E-state index in [1.54, 1.807) is 48.9 Å². The summed E-state index contributed by atoms with van der Waals surface area (Å²) in [6, 6.07) is 18.2. The van der Waals surface area contributed by atoms with E-state index in [0.29, 0.717) is 46.5 Å². The van der Waals surface area contributed by atoms with Gasteiger partial charge in [-0.05, 0) is 50.6 Å². The zero-order valence-electron chi connectivity index (χ0n) is 23.4. The van der Waals surface area contributed by atoms with Crippen LogP contribution in [0.25, 0.3) is 22.8 Å². The molecule has 4 aromatic heterocycles. The average molecular weight is 563 g/mol. The van der Waals surface area contributed by atoms with Crippen LogP contribution in [-0.4, -0.2) is 54.2 Å². The van der Waals surface area contributed by atoms with E-state index in [4.69, 9.17) is 9.51 Å². The largest absolute Gasteiger partial charge is 0.394 e. The van der Waals surface area contributed by atoms with Crippen LogP contribution in [0.1, 0.15) is 48.4 Å². The molecule has 1 aliphatic rings. The summed E-state index contributed by atoms with van der Waals surface area (Å²) in [5, 5.41) is 21.1. The number of nitrogens with one attached hydrogen (secondary N) is 2. The van der Waals surface area contributed by atoms with Gasteiger partial charge >= 0.3 is 0 Å². The predicted octanol–water partition coefficient (Wildman–Crippen LogP) is 5.19. The van der Waals surface area contributed by atoms with Gasteiger partial charge in [0.25, 0.3) is 11.8 Å². The van der Waals surface area contributed by atoms with Crippen LogP contribution in [-0.2, 0) is 5.54 Å². The normalized spacial score (nSPS) is 14.5. The van der Waals surface area contributed by atoms with Crippen LogP contribution in [0, 0.1) is 0 Å². The summed E-state index contributed by atoms with van der Waals surface area (Å²) in [4.78, 5) is 32.7. The quantitative estimate of drug-likeness (QED) is 0.220. The standard InChI is InChI=1S/C31H30N8O3/c1-4-39-30(41)21-10-11-25(36-27(21)31(39,2)3)35-26-16-23(34-24(18-40)19-8-6-5-7-9-19)22(17-33-26)29-37-28(38-42-29)20-12-14-32-15-13-20/h5-17,24,40H,4,18H2,1-3H3,(H2,33,34,35,36)/t24-/m1/s1. The molecule has 3 N–H and O–H groups in total. The van der Waals surface area contributed by atoms with Crippen molar-refractivity contribution in [2.75, 3.05) is 23.8 Å². The Bertz CT molecular complexity index is 1720. The first-order chi connectivity index (χ1) is 20.4. The summed E-state index contributed by atoms with van der Waals surface area (Å²) < 4.78 is 5.64. The number of hydrogen-bond donors (Lipinski definition) is 3. The highest BCUT2D eigenvalue weighted by Crippen LogP contribution is 2.38. The lowest BCUT2D eigenvalue weighted by atomic mass is 9.99. The van der Waals surface area contributed by atoms with Crippen LogP contribution < -0.4 is 10.6 Å². The van der Waals surface area contributed by atoms with Gasteiger partial charge in [-0.2, -0.15) is 4.98 Å². The maximum Gasteiger partial charge on any atom is 0.261 e. The van der Waals surface area contributed by atoms with Crippen LogP contribution in [0.5, 0.6) is 0 Å². The Morgan fingerprint density at radius 1 is 1.00 bits per heavy atom. The summed E-state index contributed by atoms with van der Waals surface area (Å²) in [6.07, 6.45) is 4.96. The molecule has 0 spiro atoms. The minimum Gasteiger partial charge on any atom is -0.394 e. The van der Waals surface area contributed by atoms with E-state index < -0.39 is 11.6 Å². The second-order valence-electron chi connectivity index (χ2n) is 10.4. The molecule has 5 aromatic rings. The van der Waals surface area contributed by atoms with Gasteiger partial charge in [0.1, 0.15) is 11.6 Å². The third kappa shape index (κ3) is 4.94. The van der Waals surface area contributed by atoms with Gasteiger partial charge in [-0.3, -0.25) is 9.78 Å². The molecule has 11 heteroatoms. The number of aromatic nitrogens is 5. The molecule has 1 aromatic carbocycles. The van der Waals surface area contributed by atoms with Crippen LogP contribution in [0.3, 0.4) is 0 Å². The van der Waals surface area contributed by atoms with Crippen LogP contribution in [0.2, 0.25) is 0 Å². The van der Waals surface area contributed by atoms with Crippen molar-refractivity contribution >= 4 is 23.2 Å². The monoisotopic (exact) mass is 562 g/mol. The number of nitrogens with zero attached hydrogens (tertiary/aromatic N) is 6. The molecule has 1 atom stereocenters. The highest BCUT2D eigenvalue weighted by atomic mass is 16.5. The summed E-state index contributed by atoms with van der Waals surface area (Å²) in [5.41, 5.74) is 3.65. The molecule has 0 aliphatic carbocycles. The van der Waals surface area contributed by atoms with Gasteiger partial charge in [0.05, 0.1) is 40.7 Å². The number of rotatable bonds is 9. The Labute approximate surface area is 242 Å². The Morgan fingerprint density at radius 2 is 1.79 bits per heavy atom. The molecule has 11 nitrogen and oxygen atoms in total. The summed E-state index contributed by atoms with van der Waals surface area (Å²) in [6.45, 7) is 6.40. The SMILES string of the molecule is CCN1C(=O)c2ccc(Nc3cc(N[C@H](CO)c4ccccc4)c(-c4nc(-c5ccncc5)no4)cn3)nc2C1(C)C. The first-order valence-corrected chi connectivity index (χ1v) is 13.7. The number of amides is 1. The molecule has 0 fully saturated rings. The maximum atomic E-state index is 12.9. The van der Waals surface area contributed by atoms with E-state index in [-0.39, 0.29) is 18.4 Å². The number of aliphatic hydroxyl groups excluding tert-OH is 1. The van der Waals surface area contributed by atoms with E-state index in [1.807, 2.05) is 56.0 Å². The Morgan fingerprint density at radius 3 is 2.52 bits per heavy atom. The smallest absolute Gasteiger partial charge is 0.261 e. The molecular formula is C31H30N8O3. The zero-order chi connectivity index (χ0) is 29.3. The van der Waals surface area contributed by atoms with Crippen molar-refractivity contribution in [2.24, 2.45) is 0 Å². The lowest BCUT2D eigenvalue weighted by Gasteiger charge is -2.30. The Kier molecular flexibility index (Phi) is 7.09. The van der Waals surface area contributed by atoms with E-state index >= 15 is 0 Å². The number of carbonyl (C=O) groups is 1. The van der Waals surface area contributed by atoms with E-state index in [0.717, 1.165) is 11.1 Å². The molecule has 0 bridgehead atoms. The Balaban J connectivity index is 1.36. The molecule has 1 aliphatic heterocycles. The molecule has 0 saturated carbocycles. The van der Waals surface area contributed by atoms with Crippen LogP contribution in [0.15, 0.2) is 83.8 Å². The predicted molar refractivity (Wildman–Crippen MR) is 158 cm³/mol. The minimum atomic E-state index is -0.530. The van der Waals surface area contributed by atoms with Gasteiger partial charge in [0.2, 0.25) is 5.82 Å². The lowest BCUT2D eigenvalue weighted by Crippen LogP contribution is -2.39. The van der Waals surface area contributed by atoms with E-state index in [1.165, 1.54) is 0 Å². The van der Waals surface area contributed by atoms with Gasteiger partial charge in [-0.1, -0.05) is 35.5 Å². The topological polar surface area (TPSA) is 142 Å². The number of benzene rings is 1. The minimum absolute atomic E-state index is 0.0211. The number of carbonyl (C=O) groups excluding carboxylic acids is 1. The van der Waals surface area contributed by atoms with Crippen molar-refractivity contribution in [2.45, 2.75) is 32.4 Å². The second kappa shape index (κ2) is 11.0. The molecule has 0 radical (unpaired) electrons. The molecule has 5 heterocycles. The van der Waals surface area contributed by atoms with Crippen molar-refractivity contribution in [1.82, 2.24) is 30.0 Å². The van der Waals surface area contributed by atoms with Crippen molar-refractivity contribution < 1.29 is 14.4 Å². The molecule has 1 amide bonds. The third-order valence-electron chi connectivity index (χ3n) is 7.41. The summed E-state index contributed by atoms with van der Waals surface area (Å²) in [5.74, 6) is 1.72. The van der Waals surface area contributed by atoms with E-state index in [2.05, 4.69) is 30.7 Å². The van der Waals surface area contributed by atoms with E-state index in [9.17, 15) is 9.90 Å². The number of hydrogen-bond acceptors (Lipinski definition) is 10. The van der Waals surface area contributed by atoms with Crippen molar-refractivity contribution in [3.8, 4) is 22.8 Å². The molecule has 212 valence electrons. The maximum absolute atomic E-state index is 12.9. The highest BCUT2D eigenvalue weighted by Gasteiger charge is 2.43. The molecule has 6 rings (SSSR count). The summed E-state index contributed by atoms with van der Waals surface area (Å²) in [7, 11) is 0. The summed E-state index contributed by atoms with van der Waals surface area (Å²) >= 11 is 0. The van der Waals surface area contributed by atoms with Gasteiger partial charge in [0.15, 0.2) is 0 Å². The van der Waals surface area contributed by atoms with Crippen molar-refractivity contribution in [3.63, 3.8) is 0 Å². The van der Waals surface area contributed by atoms with Gasteiger partial charge < -0.3 is 25.2 Å². The molecular weight excluding hydrogens is 532 g/mol. The fourth-order valence-corrected chi connectivity index (χ4v) is 5.24. The fraction of sp³-hybridized carbons (Fsp3) is 0.226. The highest BCUT2D eigenvalue weighted by molar-refractivity contribution is 5.99. The van der Waals surface area contributed by atoms with Crippen molar-refractivity contribution in [1.29, 1.82) is 0 Å². The van der Waals surface area contributed by atoms with Crippen molar-refractivity contribution in [3.05, 3.63) is 96.1 Å². The molecule has 0 unspecified atom stereocenters. The lowest BCUT2D eigenvalue weighted by molar-refractivity contribution is 0.0631. The molecule has 0 saturated heterocycles. The van der Waals surface area contributed by atoms with Gasteiger partial charge in [-0.15, -0.1) is 0 Å². The zero-order valence-corrected chi connectivity index (χ0v) is 23.4. The number of anilines is 3. The number of fused-ring (bicyclic) bond motifs is 1. The van der Waals surface area contributed by atoms with Gasteiger partial charge in [0, 0.05) is 36.8 Å². The first-order valence-electron chi connectivity index (χ1n) is 13.7. The first kappa shape index (κ1) is 27.0. The molecule has 42 heavy (non-hydrogen) atoms. The second-order valence-corrected chi connectivity index (χ2v) is 10.4. The Hall–Kier alpha value is -5.16. The van der Waals surface area contributed by atoms with Crippen LogP contribution in [0.4, 0.5) is 17.3 Å². The average Bonchev–Trinajstić information content (AvgIpc) is 3.57.